The first-order valence-corrected chi connectivity index (χ1v) is 25.7. The zero-order valence-corrected chi connectivity index (χ0v) is 44.4. The topological polar surface area (TPSA) is 514 Å². The molecule has 0 aliphatic heterocycles. The number of carboxylic acids is 3. The molecule has 3 aromatic carbocycles. The third-order valence-corrected chi connectivity index (χ3v) is 12.6. The molecule has 0 unspecified atom stereocenters. The van der Waals surface area contributed by atoms with Crippen molar-refractivity contribution in [2.75, 3.05) is 6.54 Å². The molecule has 5 rings (SSSR count). The molecule has 30 nitrogen and oxygen atoms in total. The Morgan fingerprint density at radius 2 is 1.01 bits per heavy atom. The van der Waals surface area contributed by atoms with Gasteiger partial charge in [-0.3, -0.25) is 52.9 Å². The number of aromatic nitrogens is 3. The van der Waals surface area contributed by atoms with Crippen LogP contribution in [0.1, 0.15) is 54.5 Å². The minimum atomic E-state index is -2.00. The van der Waals surface area contributed by atoms with E-state index in [2.05, 4.69) is 57.2 Å². The molecule has 0 spiro atoms. The minimum absolute atomic E-state index is 0.00728. The summed E-state index contributed by atoms with van der Waals surface area (Å²) in [4.78, 5) is 161. The molecule has 8 atom stereocenters. The number of carboxylic acid groups (broad SMARTS) is 3. The number of nitrogens with zero attached hydrogens (tertiary/aromatic N) is 2. The van der Waals surface area contributed by atoms with E-state index in [0.29, 0.717) is 27.6 Å². The Labute approximate surface area is 472 Å². The summed E-state index contributed by atoms with van der Waals surface area (Å²) < 4.78 is 0. The van der Waals surface area contributed by atoms with Gasteiger partial charge in [0.25, 0.3) is 0 Å². The summed E-state index contributed by atoms with van der Waals surface area (Å²) in [6.07, 6.45) is -0.0356. The van der Waals surface area contributed by atoms with Crippen molar-refractivity contribution in [3.05, 3.63) is 120 Å². The number of para-hydroxylation sites is 1. The van der Waals surface area contributed by atoms with Crippen LogP contribution >= 0.6 is 0 Å². The summed E-state index contributed by atoms with van der Waals surface area (Å²) >= 11 is 0. The Kier molecular flexibility index (Phi) is 23.6. The van der Waals surface area contributed by atoms with Gasteiger partial charge in [-0.2, -0.15) is 0 Å². The quantitative estimate of drug-likeness (QED) is 0.0110. The van der Waals surface area contributed by atoms with Crippen molar-refractivity contribution >= 4 is 82.0 Å². The highest BCUT2D eigenvalue weighted by Gasteiger charge is 2.36. The van der Waals surface area contributed by atoms with E-state index in [1.54, 1.807) is 54.6 Å². The number of aliphatic imine (C=N–C) groups is 1. The second kappa shape index (κ2) is 30.8. The first-order valence-electron chi connectivity index (χ1n) is 25.7. The number of primary amides is 1. The van der Waals surface area contributed by atoms with E-state index in [1.165, 1.54) is 43.0 Å². The van der Waals surface area contributed by atoms with Crippen LogP contribution in [0, 0.1) is 0 Å². The molecule has 442 valence electrons. The fourth-order valence-electron chi connectivity index (χ4n) is 8.44. The normalized spacial score (nSPS) is 13.8. The Morgan fingerprint density at radius 3 is 1.55 bits per heavy atom. The van der Waals surface area contributed by atoms with E-state index >= 15 is 0 Å². The molecule has 0 fully saturated rings. The molecule has 0 saturated carbocycles. The lowest BCUT2D eigenvalue weighted by atomic mass is 10.0. The number of hydrogen-bond donors (Lipinski definition) is 17. The molecule has 83 heavy (non-hydrogen) atoms. The summed E-state index contributed by atoms with van der Waals surface area (Å²) in [6, 6.07) is 6.82. The molecule has 8 amide bonds. The summed E-state index contributed by atoms with van der Waals surface area (Å²) in [7, 11) is 0. The fraction of sp³-hybridized carbons (Fsp3) is 0.340. The maximum absolute atomic E-state index is 14.8. The third kappa shape index (κ3) is 20.7. The Hall–Kier alpha value is -10.4. The van der Waals surface area contributed by atoms with Gasteiger partial charge in [0.2, 0.25) is 47.3 Å². The SMILES string of the molecule is NC(=O)C[C@H](N)C(=O)N[C@@H](CCCN=C(N)N)C(=O)N[C@@H](Cc1cnc[nH]1)C(=O)N[C@@H](CC(=O)O)C(=O)N[C@@H](Cc1c[nH]c2ccccc12)C(=O)N[C@@H](Cc1ccccc1)C(=O)N[C@@H](CC(=O)O)C(=O)N[C@@H](Cc1ccc(O)cc1)C(=O)O. The Morgan fingerprint density at radius 1 is 0.530 bits per heavy atom. The van der Waals surface area contributed by atoms with Gasteiger partial charge < -0.3 is 90.5 Å². The number of amides is 8. The van der Waals surface area contributed by atoms with Gasteiger partial charge in [0, 0.05) is 61.2 Å². The molecule has 0 bridgehead atoms. The monoisotopic (exact) mass is 1150 g/mol. The van der Waals surface area contributed by atoms with Gasteiger partial charge in [0.15, 0.2) is 5.96 Å². The molecule has 2 aromatic heterocycles. The smallest absolute Gasteiger partial charge is 0.326 e. The zero-order valence-electron chi connectivity index (χ0n) is 44.4. The summed E-state index contributed by atoms with van der Waals surface area (Å²) in [5.41, 5.74) is 24.0. The van der Waals surface area contributed by atoms with E-state index < -0.39 is 133 Å². The van der Waals surface area contributed by atoms with Crippen molar-refractivity contribution < 1.29 is 73.2 Å². The fourth-order valence-corrected chi connectivity index (χ4v) is 8.44. The number of guanidine groups is 1. The number of aromatic hydroxyl groups is 1. The van der Waals surface area contributed by atoms with Crippen LogP contribution in [0.15, 0.2) is 103 Å². The molecular formula is C53H65N15O15. The van der Waals surface area contributed by atoms with Crippen LogP contribution < -0.4 is 60.2 Å². The Bertz CT molecular complexity index is 3130. The number of fused-ring (bicyclic) bond motifs is 1. The molecule has 2 heterocycles. The number of phenols is 1. The number of nitrogens with two attached hydrogens (primary N) is 4. The number of phenolic OH excluding ortho intramolecular Hbond substituents is 1. The maximum Gasteiger partial charge on any atom is 0.326 e. The molecule has 0 saturated heterocycles. The van der Waals surface area contributed by atoms with E-state index in [9.17, 15) is 73.2 Å². The van der Waals surface area contributed by atoms with Gasteiger partial charge in [0.1, 0.15) is 48.0 Å². The number of nitrogens with one attached hydrogen (secondary N) is 9. The largest absolute Gasteiger partial charge is 0.508 e. The molecule has 0 radical (unpaired) electrons. The van der Waals surface area contributed by atoms with Crippen molar-refractivity contribution in [3.63, 3.8) is 0 Å². The number of benzene rings is 3. The molecule has 0 aliphatic carbocycles. The molecule has 5 aromatic rings. The highest BCUT2D eigenvalue weighted by atomic mass is 16.4. The maximum atomic E-state index is 14.8. The van der Waals surface area contributed by atoms with Crippen molar-refractivity contribution in [2.45, 2.75) is 106 Å². The van der Waals surface area contributed by atoms with Gasteiger partial charge in [0.05, 0.1) is 31.6 Å². The first-order chi connectivity index (χ1) is 39.4. The summed E-state index contributed by atoms with van der Waals surface area (Å²) in [5.74, 6) is -13.7. The Balaban J connectivity index is 1.45. The van der Waals surface area contributed by atoms with Crippen LogP contribution in [0.25, 0.3) is 10.9 Å². The number of hydrogen-bond acceptors (Lipinski definition) is 15. The molecular weight excluding hydrogens is 1090 g/mol. The highest BCUT2D eigenvalue weighted by Crippen LogP contribution is 2.20. The lowest BCUT2D eigenvalue weighted by Crippen LogP contribution is -2.61. The van der Waals surface area contributed by atoms with Gasteiger partial charge >= 0.3 is 17.9 Å². The number of H-pyrrole nitrogens is 2. The van der Waals surface area contributed by atoms with Gasteiger partial charge in [-0.15, -0.1) is 0 Å². The lowest BCUT2D eigenvalue weighted by molar-refractivity contribution is -0.144. The van der Waals surface area contributed by atoms with Gasteiger partial charge in [-0.1, -0.05) is 60.7 Å². The minimum Gasteiger partial charge on any atom is -0.508 e. The summed E-state index contributed by atoms with van der Waals surface area (Å²) in [5, 5.41) is 57.0. The number of rotatable bonds is 33. The number of aliphatic carboxylic acids is 3. The van der Waals surface area contributed by atoms with E-state index in [4.69, 9.17) is 22.9 Å². The van der Waals surface area contributed by atoms with E-state index in [-0.39, 0.29) is 62.5 Å². The number of aromatic amines is 2. The molecule has 21 N–H and O–H groups in total. The number of carbonyl (C=O) groups is 11. The van der Waals surface area contributed by atoms with Crippen molar-refractivity contribution in [1.82, 2.24) is 52.2 Å². The average molecular weight is 1150 g/mol. The van der Waals surface area contributed by atoms with Crippen LogP contribution in [0.2, 0.25) is 0 Å². The highest BCUT2D eigenvalue weighted by molar-refractivity contribution is 6.00. The van der Waals surface area contributed by atoms with Crippen LogP contribution in [-0.2, 0) is 78.4 Å². The second-order valence-electron chi connectivity index (χ2n) is 19.1. The number of carbonyl (C=O) groups excluding carboxylic acids is 8. The zero-order chi connectivity index (χ0) is 60.8. The van der Waals surface area contributed by atoms with Crippen molar-refractivity contribution in [3.8, 4) is 5.75 Å². The van der Waals surface area contributed by atoms with Crippen molar-refractivity contribution in [2.24, 2.45) is 27.9 Å². The second-order valence-corrected chi connectivity index (χ2v) is 19.1. The molecule has 0 aliphatic rings. The van der Waals surface area contributed by atoms with E-state index in [0.717, 1.165) is 0 Å². The van der Waals surface area contributed by atoms with Crippen LogP contribution in [0.3, 0.4) is 0 Å². The van der Waals surface area contributed by atoms with E-state index in [1.807, 2.05) is 0 Å². The summed E-state index contributed by atoms with van der Waals surface area (Å²) in [6.45, 7) is -0.00728. The first kappa shape index (κ1) is 63.4. The predicted octanol–water partition coefficient (Wildman–Crippen LogP) is -3.45. The lowest BCUT2D eigenvalue weighted by Gasteiger charge is -2.27. The molecule has 30 heteroatoms. The van der Waals surface area contributed by atoms with Crippen LogP contribution in [-0.4, -0.2) is 161 Å². The average Bonchev–Trinajstić information content (AvgIpc) is 4.24. The predicted molar refractivity (Wildman–Crippen MR) is 294 cm³/mol. The number of imidazole rings is 1. The third-order valence-electron chi connectivity index (χ3n) is 12.6. The van der Waals surface area contributed by atoms with Gasteiger partial charge in [-0.25, -0.2) is 9.78 Å². The standard InChI is InChI=1S/C53H65N15O15/c54-33(21-42(55)70)45(75)62-35(11-6-16-59-53(56)57)46(76)65-38(20-30-25-58-26-61-30)49(79)67-39(22-43(71)72)50(80)64-37(19-29-24-60-34-10-5-4-9-32(29)34)48(78)63-36(17-27-7-2-1-3-8-27)47(77)66-40(23-44(73)74)51(81)68-41(52(82)83)18-28-12-14-31(69)15-13-28/h1-5,7-10,12-15,24-26,33,35-41,60,69H,6,11,16-23,54H2,(H2,55,70)(H,58,61)(H,62,75)(H,63,78)(H,64,80)(H,65,76)(H,66,77)(H,67,79)(H,68,81)(H,71,72)(H,73,74)(H,82,83)(H4,56,57,59)/t33-,35-,36-,37-,38-,39-,40-,41-/m0/s1. The van der Waals surface area contributed by atoms with Crippen LogP contribution in [0.5, 0.6) is 5.75 Å². The van der Waals surface area contributed by atoms with Gasteiger partial charge in [-0.05, 0) is 47.7 Å². The van der Waals surface area contributed by atoms with Crippen molar-refractivity contribution in [1.29, 1.82) is 0 Å². The van der Waals surface area contributed by atoms with Crippen LogP contribution in [0.4, 0.5) is 0 Å².